The van der Waals surface area contributed by atoms with Crippen LogP contribution in [-0.2, 0) is 4.74 Å². The molecule has 0 aliphatic rings. The van der Waals surface area contributed by atoms with Gasteiger partial charge in [-0.2, -0.15) is 4.74 Å². The summed E-state index contributed by atoms with van der Waals surface area (Å²) in [4.78, 5) is 11.5. The molecule has 0 radical (unpaired) electrons. The Hall–Kier alpha value is -2.62. The van der Waals surface area contributed by atoms with E-state index in [1.807, 2.05) is 24.3 Å². The van der Waals surface area contributed by atoms with E-state index in [1.165, 1.54) is 25.0 Å². The van der Waals surface area contributed by atoms with E-state index in [9.17, 15) is 10.0 Å². The summed E-state index contributed by atoms with van der Waals surface area (Å²) < 4.78 is 5.40. The summed E-state index contributed by atoms with van der Waals surface area (Å²) in [6.45, 7) is 4.24. The van der Waals surface area contributed by atoms with Crippen molar-refractivity contribution in [2.45, 2.75) is 19.8 Å². The largest absolute Gasteiger partial charge is 0.618 e. The first kappa shape index (κ1) is 15.8. The molecule has 4 nitrogen and oxygen atoms in total. The van der Waals surface area contributed by atoms with Gasteiger partial charge in [-0.05, 0) is 29.7 Å². The number of nitrogens with zero attached hydrogens (tertiary/aromatic N) is 1. The van der Waals surface area contributed by atoms with Crippen LogP contribution in [0, 0.1) is 5.21 Å². The van der Waals surface area contributed by atoms with Gasteiger partial charge < -0.3 is 9.94 Å². The van der Waals surface area contributed by atoms with Gasteiger partial charge in [-0.15, -0.1) is 0 Å². The van der Waals surface area contributed by atoms with Gasteiger partial charge in [-0.1, -0.05) is 32.0 Å². The van der Waals surface area contributed by atoms with E-state index in [0.29, 0.717) is 17.2 Å². The summed E-state index contributed by atoms with van der Waals surface area (Å²) in [5.74, 6) is -0.00863. The van der Waals surface area contributed by atoms with Gasteiger partial charge in [0.15, 0.2) is 6.21 Å². The summed E-state index contributed by atoms with van der Waals surface area (Å²) in [6.07, 6.45) is 1.49. The molecule has 0 aromatic heterocycles. The maximum absolute atomic E-state index is 12.2. The lowest BCUT2D eigenvalue weighted by Gasteiger charge is -2.06. The van der Waals surface area contributed by atoms with E-state index in [4.69, 9.17) is 0 Å². The van der Waals surface area contributed by atoms with Crippen molar-refractivity contribution in [3.05, 3.63) is 70.4 Å². The molecule has 22 heavy (non-hydrogen) atoms. The number of benzene rings is 2. The Kier molecular flexibility index (Phi) is 4.94. The van der Waals surface area contributed by atoms with Crippen LogP contribution in [0.2, 0.25) is 0 Å². The molecular formula is C18H19NO3. The minimum Gasteiger partial charge on any atom is -0.618 e. The van der Waals surface area contributed by atoms with Crippen molar-refractivity contribution in [3.8, 4) is 0 Å². The maximum Gasteiger partial charge on any atom is 0.338 e. The number of carbonyl (C=O) groups excluding carboxylic acids is 1. The lowest BCUT2D eigenvalue weighted by atomic mass is 10.0. The van der Waals surface area contributed by atoms with Crippen LogP contribution in [0.25, 0.3) is 0 Å². The Balaban J connectivity index is 2.26. The Morgan fingerprint density at radius 3 is 2.45 bits per heavy atom. The number of ether oxygens (including phenoxy) is 1. The lowest BCUT2D eigenvalue weighted by molar-refractivity contribution is -0.354. The van der Waals surface area contributed by atoms with Crippen LogP contribution >= 0.6 is 0 Å². The van der Waals surface area contributed by atoms with Crippen LogP contribution in [0.1, 0.15) is 41.3 Å². The van der Waals surface area contributed by atoms with Gasteiger partial charge in [0.25, 0.3) is 0 Å². The fourth-order valence-electron chi connectivity index (χ4n) is 2.06. The molecule has 0 spiro atoms. The van der Waals surface area contributed by atoms with Crippen molar-refractivity contribution in [2.75, 3.05) is 7.11 Å². The first-order chi connectivity index (χ1) is 10.5. The molecular weight excluding hydrogens is 278 g/mol. The monoisotopic (exact) mass is 297 g/mol. The average molecular weight is 297 g/mol. The number of hydrogen-bond acceptors (Lipinski definition) is 3. The van der Waals surface area contributed by atoms with Crippen molar-refractivity contribution in [1.29, 1.82) is 0 Å². The zero-order valence-corrected chi connectivity index (χ0v) is 12.9. The molecule has 0 aliphatic heterocycles. The quantitative estimate of drug-likeness (QED) is 0.283. The van der Waals surface area contributed by atoms with E-state index in [-0.39, 0.29) is 0 Å². The smallest absolute Gasteiger partial charge is 0.338 e. The predicted octanol–water partition coefficient (Wildman–Crippen LogP) is 3.86. The standard InChI is InChI=1S/C18H19NO3/c1-13(2)15-9-7-14(8-10-15)12-19(21)17-6-4-5-16(11-17)18(20)22-3/h4-13H,1-3H3/b19-12-. The first-order valence-electron chi connectivity index (χ1n) is 7.11. The summed E-state index contributed by atoms with van der Waals surface area (Å²) in [5.41, 5.74) is 2.77. The van der Waals surface area contributed by atoms with Gasteiger partial charge in [0.2, 0.25) is 5.69 Å². The number of carbonyl (C=O) groups is 1. The third-order valence-corrected chi connectivity index (χ3v) is 3.39. The van der Waals surface area contributed by atoms with E-state index >= 15 is 0 Å². The number of rotatable bonds is 4. The minimum atomic E-state index is -0.462. The van der Waals surface area contributed by atoms with Crippen molar-refractivity contribution in [1.82, 2.24) is 0 Å². The summed E-state index contributed by atoms with van der Waals surface area (Å²) in [5, 5.41) is 12.2. The maximum atomic E-state index is 12.2. The highest BCUT2D eigenvalue weighted by atomic mass is 16.5. The second-order valence-electron chi connectivity index (χ2n) is 5.32. The fraction of sp³-hybridized carbons (Fsp3) is 0.222. The average Bonchev–Trinajstić information content (AvgIpc) is 2.54. The predicted molar refractivity (Wildman–Crippen MR) is 86.8 cm³/mol. The molecule has 2 rings (SSSR count). The molecule has 0 bridgehead atoms. The number of esters is 1. The van der Waals surface area contributed by atoms with Crippen LogP contribution in [0.4, 0.5) is 5.69 Å². The van der Waals surface area contributed by atoms with Gasteiger partial charge in [0.05, 0.1) is 12.7 Å². The van der Waals surface area contributed by atoms with Crippen LogP contribution in [0.5, 0.6) is 0 Å². The van der Waals surface area contributed by atoms with Crippen molar-refractivity contribution >= 4 is 17.9 Å². The zero-order valence-electron chi connectivity index (χ0n) is 12.9. The van der Waals surface area contributed by atoms with Gasteiger partial charge in [-0.3, -0.25) is 0 Å². The van der Waals surface area contributed by atoms with Crippen LogP contribution in [0.15, 0.2) is 48.5 Å². The molecule has 0 heterocycles. The molecule has 0 saturated heterocycles. The number of hydrogen-bond donors (Lipinski definition) is 0. The van der Waals surface area contributed by atoms with Gasteiger partial charge in [-0.25, -0.2) is 4.79 Å². The molecule has 114 valence electrons. The molecule has 0 aliphatic carbocycles. The normalized spacial score (nSPS) is 11.5. The lowest BCUT2D eigenvalue weighted by Crippen LogP contribution is -2.03. The highest BCUT2D eigenvalue weighted by Gasteiger charge is 2.09. The van der Waals surface area contributed by atoms with Gasteiger partial charge >= 0.3 is 5.97 Å². The third-order valence-electron chi connectivity index (χ3n) is 3.39. The molecule has 4 heteroatoms. The van der Waals surface area contributed by atoms with Crippen LogP contribution in [0.3, 0.4) is 0 Å². The Labute approximate surface area is 130 Å². The highest BCUT2D eigenvalue weighted by molar-refractivity contribution is 5.90. The molecule has 0 saturated carbocycles. The van der Waals surface area contributed by atoms with E-state index in [1.54, 1.807) is 18.2 Å². The molecule has 0 amide bonds. The topological polar surface area (TPSA) is 52.4 Å². The summed E-state index contributed by atoms with van der Waals surface area (Å²) in [7, 11) is 1.31. The third kappa shape index (κ3) is 3.73. The first-order valence-corrected chi connectivity index (χ1v) is 7.11. The second-order valence-corrected chi connectivity index (χ2v) is 5.32. The SMILES string of the molecule is COC(=O)c1cccc(/[N+]([O-])=C/c2ccc(C(C)C)cc2)c1. The van der Waals surface area contributed by atoms with E-state index in [2.05, 4.69) is 18.6 Å². The fourth-order valence-corrected chi connectivity index (χ4v) is 2.06. The molecule has 0 N–H and O–H groups in total. The van der Waals surface area contributed by atoms with Gasteiger partial charge in [0, 0.05) is 17.7 Å². The Morgan fingerprint density at radius 2 is 1.86 bits per heavy atom. The second kappa shape index (κ2) is 6.89. The van der Waals surface area contributed by atoms with Gasteiger partial charge in [0.1, 0.15) is 0 Å². The van der Waals surface area contributed by atoms with E-state index < -0.39 is 5.97 Å². The zero-order chi connectivity index (χ0) is 16.1. The molecule has 0 atom stereocenters. The van der Waals surface area contributed by atoms with Crippen LogP contribution in [-0.4, -0.2) is 24.0 Å². The van der Waals surface area contributed by atoms with Crippen molar-refractivity contribution in [3.63, 3.8) is 0 Å². The minimum absolute atomic E-state index is 0.351. The summed E-state index contributed by atoms with van der Waals surface area (Å²) >= 11 is 0. The number of methoxy groups -OCH3 is 1. The summed E-state index contributed by atoms with van der Waals surface area (Å²) in [6, 6.07) is 14.3. The Morgan fingerprint density at radius 1 is 1.18 bits per heavy atom. The molecule has 2 aromatic carbocycles. The molecule has 0 unspecified atom stereocenters. The van der Waals surface area contributed by atoms with Crippen LogP contribution < -0.4 is 0 Å². The Bertz CT molecular complexity index is 688. The molecule has 2 aromatic rings. The molecule has 0 fully saturated rings. The van der Waals surface area contributed by atoms with Crippen molar-refractivity contribution in [2.24, 2.45) is 0 Å². The van der Waals surface area contributed by atoms with Crippen molar-refractivity contribution < 1.29 is 14.3 Å². The van der Waals surface area contributed by atoms with E-state index in [0.717, 1.165) is 10.3 Å². The highest BCUT2D eigenvalue weighted by Crippen LogP contribution is 2.16.